The summed E-state index contributed by atoms with van der Waals surface area (Å²) in [6.07, 6.45) is 8.58. The van der Waals surface area contributed by atoms with Crippen LogP contribution in [0.25, 0.3) is 0 Å². The van der Waals surface area contributed by atoms with Crippen molar-refractivity contribution < 1.29 is 4.79 Å². The van der Waals surface area contributed by atoms with Crippen LogP contribution in [0.1, 0.15) is 40.0 Å². The van der Waals surface area contributed by atoms with Gasteiger partial charge in [-0.1, -0.05) is 26.2 Å². The Balaban J connectivity index is 2.46. The maximum absolute atomic E-state index is 12.1. The number of urea groups is 1. The number of hydrogen-bond acceptors (Lipinski definition) is 2. The van der Waals surface area contributed by atoms with Gasteiger partial charge in [-0.2, -0.15) is 4.99 Å². The average Bonchev–Trinajstić information content (AvgIpc) is 2.56. The van der Waals surface area contributed by atoms with E-state index in [2.05, 4.69) is 24.8 Å². The van der Waals surface area contributed by atoms with Gasteiger partial charge in [0.2, 0.25) is 0 Å². The van der Waals surface area contributed by atoms with E-state index in [1.54, 1.807) is 4.90 Å². The molecule has 0 aromatic rings. The van der Waals surface area contributed by atoms with Crippen molar-refractivity contribution >= 4 is 11.9 Å². The summed E-state index contributed by atoms with van der Waals surface area (Å²) < 4.78 is 0. The Hall–Kier alpha value is -1.50. The number of carbonyl (C=O) groups excluding carboxylic acids is 1. The molecule has 0 aromatic heterocycles. The molecule has 2 aliphatic rings. The van der Waals surface area contributed by atoms with Crippen LogP contribution in [0.2, 0.25) is 0 Å². The highest BCUT2D eigenvalue weighted by Crippen LogP contribution is 2.44. The van der Waals surface area contributed by atoms with Crippen LogP contribution in [0.5, 0.6) is 0 Å². The fraction of sp³-hybridized carbons (Fsp3) is 0.714. The van der Waals surface area contributed by atoms with E-state index in [0.717, 1.165) is 12.8 Å². The standard InChI is InChI=1S/C14H21N3O/c1-5-11(4)17-13(18)16-12(15)14(17)8-9(2)6-7-10(14)3/h1,9-11H,6-8H2,2-4H3,(H2,15,16,18). The largest absolute Gasteiger partial charge is 0.385 e. The van der Waals surface area contributed by atoms with E-state index in [1.807, 2.05) is 6.92 Å². The second kappa shape index (κ2) is 4.31. The topological polar surface area (TPSA) is 58.7 Å². The molecule has 2 rings (SSSR count). The van der Waals surface area contributed by atoms with Crippen LogP contribution < -0.4 is 5.73 Å². The van der Waals surface area contributed by atoms with Crippen molar-refractivity contribution in [2.24, 2.45) is 22.6 Å². The fourth-order valence-electron chi connectivity index (χ4n) is 3.43. The third kappa shape index (κ3) is 1.61. The second-order valence-corrected chi connectivity index (χ2v) is 5.70. The molecule has 4 heteroatoms. The molecule has 0 aromatic carbocycles. The molecule has 2 N–H and O–H groups in total. The average molecular weight is 247 g/mol. The van der Waals surface area contributed by atoms with E-state index in [0.29, 0.717) is 17.7 Å². The van der Waals surface area contributed by atoms with Crippen LogP contribution in [-0.4, -0.2) is 28.3 Å². The minimum absolute atomic E-state index is 0.268. The van der Waals surface area contributed by atoms with Gasteiger partial charge in [0.05, 0.1) is 6.04 Å². The minimum Gasteiger partial charge on any atom is -0.385 e. The van der Waals surface area contributed by atoms with Gasteiger partial charge in [-0.15, -0.1) is 6.42 Å². The SMILES string of the molecule is C#CC(C)N1C(=O)N=C(N)C12CC(C)CCC2C. The summed E-state index contributed by atoms with van der Waals surface area (Å²) >= 11 is 0. The Bertz CT molecular complexity index is 437. The number of hydrogen-bond donors (Lipinski definition) is 1. The molecule has 1 fully saturated rings. The van der Waals surface area contributed by atoms with Gasteiger partial charge in [0.25, 0.3) is 0 Å². The van der Waals surface area contributed by atoms with Gasteiger partial charge in [0.15, 0.2) is 0 Å². The van der Waals surface area contributed by atoms with E-state index in [-0.39, 0.29) is 12.1 Å². The molecular weight excluding hydrogens is 226 g/mol. The third-order valence-electron chi connectivity index (χ3n) is 4.49. The lowest BCUT2D eigenvalue weighted by atomic mass is 9.68. The van der Waals surface area contributed by atoms with Crippen LogP contribution in [0.4, 0.5) is 4.79 Å². The number of nitrogens with two attached hydrogens (primary N) is 1. The van der Waals surface area contributed by atoms with E-state index in [4.69, 9.17) is 12.2 Å². The monoisotopic (exact) mass is 247 g/mol. The normalized spacial score (nSPS) is 37.6. The predicted octanol–water partition coefficient (Wildman–Crippen LogP) is 2.00. The zero-order valence-corrected chi connectivity index (χ0v) is 11.3. The molecule has 0 bridgehead atoms. The summed E-state index contributed by atoms with van der Waals surface area (Å²) in [7, 11) is 0. The predicted molar refractivity (Wildman–Crippen MR) is 72.1 cm³/mol. The summed E-state index contributed by atoms with van der Waals surface area (Å²) in [5.74, 6) is 3.93. The number of rotatable bonds is 1. The number of amides is 2. The molecule has 1 aliphatic carbocycles. The molecule has 4 nitrogen and oxygen atoms in total. The van der Waals surface area contributed by atoms with Crippen molar-refractivity contribution in [3.8, 4) is 12.3 Å². The highest BCUT2D eigenvalue weighted by Gasteiger charge is 2.55. The highest BCUT2D eigenvalue weighted by atomic mass is 16.2. The second-order valence-electron chi connectivity index (χ2n) is 5.70. The maximum Gasteiger partial charge on any atom is 0.347 e. The summed E-state index contributed by atoms with van der Waals surface area (Å²) in [6.45, 7) is 6.20. The number of nitrogens with zero attached hydrogens (tertiary/aromatic N) is 2. The Kier molecular flexibility index (Phi) is 3.10. The Morgan fingerprint density at radius 3 is 2.83 bits per heavy atom. The molecule has 2 amide bonds. The van der Waals surface area contributed by atoms with Crippen molar-refractivity contribution in [3.05, 3.63) is 0 Å². The lowest BCUT2D eigenvalue weighted by molar-refractivity contribution is 0.0710. The van der Waals surface area contributed by atoms with E-state index in [1.165, 1.54) is 6.42 Å². The van der Waals surface area contributed by atoms with Gasteiger partial charge < -0.3 is 5.73 Å². The number of carbonyl (C=O) groups is 1. The number of terminal acetylenes is 1. The van der Waals surface area contributed by atoms with Crippen molar-refractivity contribution in [1.29, 1.82) is 0 Å². The fourth-order valence-corrected chi connectivity index (χ4v) is 3.43. The van der Waals surface area contributed by atoms with Gasteiger partial charge in [0.1, 0.15) is 11.4 Å². The zero-order chi connectivity index (χ0) is 13.5. The first-order valence-corrected chi connectivity index (χ1v) is 6.57. The molecule has 1 heterocycles. The molecule has 1 spiro atoms. The smallest absolute Gasteiger partial charge is 0.347 e. The first-order valence-electron chi connectivity index (χ1n) is 6.57. The van der Waals surface area contributed by atoms with Crippen molar-refractivity contribution in [2.75, 3.05) is 0 Å². The Morgan fingerprint density at radius 2 is 2.22 bits per heavy atom. The molecule has 18 heavy (non-hydrogen) atoms. The van der Waals surface area contributed by atoms with Crippen LogP contribution in [-0.2, 0) is 0 Å². The summed E-state index contributed by atoms with van der Waals surface area (Å²) in [4.78, 5) is 17.8. The van der Waals surface area contributed by atoms with Crippen LogP contribution >= 0.6 is 0 Å². The Labute approximate surface area is 109 Å². The van der Waals surface area contributed by atoms with Crippen LogP contribution in [0.15, 0.2) is 4.99 Å². The first-order chi connectivity index (χ1) is 8.43. The van der Waals surface area contributed by atoms with Crippen molar-refractivity contribution in [1.82, 2.24) is 4.90 Å². The molecule has 1 saturated carbocycles. The summed E-state index contributed by atoms with van der Waals surface area (Å²) in [6, 6.07) is -0.547. The van der Waals surface area contributed by atoms with Gasteiger partial charge in [0, 0.05) is 0 Å². The van der Waals surface area contributed by atoms with E-state index >= 15 is 0 Å². The van der Waals surface area contributed by atoms with Gasteiger partial charge in [-0.25, -0.2) is 4.79 Å². The van der Waals surface area contributed by atoms with Crippen molar-refractivity contribution in [2.45, 2.75) is 51.6 Å². The molecule has 1 aliphatic heterocycles. The number of amidine groups is 1. The lowest BCUT2D eigenvalue weighted by Gasteiger charge is -2.48. The molecular formula is C14H21N3O. The number of aliphatic imine (C=N–C) groups is 1. The van der Waals surface area contributed by atoms with Crippen LogP contribution in [0.3, 0.4) is 0 Å². The lowest BCUT2D eigenvalue weighted by Crippen LogP contribution is -2.62. The maximum atomic E-state index is 12.1. The first kappa shape index (κ1) is 12.9. The summed E-state index contributed by atoms with van der Waals surface area (Å²) in [5.41, 5.74) is 5.63. The third-order valence-corrected chi connectivity index (χ3v) is 4.49. The molecule has 0 saturated heterocycles. The summed E-state index contributed by atoms with van der Waals surface area (Å²) in [5, 5.41) is 0. The van der Waals surface area contributed by atoms with Crippen LogP contribution in [0, 0.1) is 24.2 Å². The quantitative estimate of drug-likeness (QED) is 0.720. The van der Waals surface area contributed by atoms with Gasteiger partial charge >= 0.3 is 6.03 Å². The van der Waals surface area contributed by atoms with Gasteiger partial charge in [-0.3, -0.25) is 4.90 Å². The van der Waals surface area contributed by atoms with E-state index in [9.17, 15) is 4.79 Å². The van der Waals surface area contributed by atoms with E-state index < -0.39 is 5.54 Å². The van der Waals surface area contributed by atoms with Gasteiger partial charge in [-0.05, 0) is 31.6 Å². The molecule has 4 unspecified atom stereocenters. The highest BCUT2D eigenvalue weighted by molar-refractivity contribution is 6.06. The molecule has 0 radical (unpaired) electrons. The Morgan fingerprint density at radius 1 is 1.56 bits per heavy atom. The molecule has 4 atom stereocenters. The van der Waals surface area contributed by atoms with Crippen molar-refractivity contribution in [3.63, 3.8) is 0 Å². The molecule has 98 valence electrons. The minimum atomic E-state index is -0.458. The zero-order valence-electron chi connectivity index (χ0n) is 11.3.